The van der Waals surface area contributed by atoms with Gasteiger partial charge >= 0.3 is 0 Å². The smallest absolute Gasteiger partial charge is 0.220 e. The second-order valence-electron chi connectivity index (χ2n) is 4.02. The van der Waals surface area contributed by atoms with Gasteiger partial charge in [-0.1, -0.05) is 0 Å². The molecule has 0 unspecified atom stereocenters. The predicted molar refractivity (Wildman–Crippen MR) is 68.9 cm³/mol. The lowest BCUT2D eigenvalue weighted by molar-refractivity contribution is 0.312. The van der Waals surface area contributed by atoms with Gasteiger partial charge in [-0.05, 0) is 23.0 Å². The molecule has 1 aliphatic rings. The number of likely N-dealkylation sites (N-methyl/N-ethyl adjacent to an activating group) is 1. The molecule has 1 aromatic rings. The molecule has 6 heteroatoms. The first-order chi connectivity index (χ1) is 7.59. The largest absolute Gasteiger partial charge is 0.393 e. The Morgan fingerprint density at radius 3 is 2.62 bits per heavy atom. The number of piperazine rings is 1. The number of nitrogens with one attached hydrogen (secondary N) is 1. The maximum absolute atomic E-state index is 11.7. The minimum Gasteiger partial charge on any atom is -0.393 e. The highest BCUT2D eigenvalue weighted by molar-refractivity contribution is 9.10. The maximum atomic E-state index is 11.7. The van der Waals surface area contributed by atoms with E-state index < -0.39 is 0 Å². The van der Waals surface area contributed by atoms with Gasteiger partial charge in [0.25, 0.3) is 0 Å². The minimum atomic E-state index is -0.146. The van der Waals surface area contributed by atoms with Gasteiger partial charge in [-0.2, -0.15) is 0 Å². The first-order valence-corrected chi connectivity index (χ1v) is 5.99. The molecule has 0 atom stereocenters. The molecule has 16 heavy (non-hydrogen) atoms. The summed E-state index contributed by atoms with van der Waals surface area (Å²) in [4.78, 5) is 19.1. The third-order valence-corrected chi connectivity index (χ3v) is 3.46. The SMILES string of the molecule is CN1CCN(c2[nH]cc(Br)c(=O)c2N)CC1. The lowest BCUT2D eigenvalue weighted by Crippen LogP contribution is -2.45. The summed E-state index contributed by atoms with van der Waals surface area (Å²) in [5.41, 5.74) is 5.96. The van der Waals surface area contributed by atoms with Crippen molar-refractivity contribution in [3.8, 4) is 0 Å². The Kier molecular flexibility index (Phi) is 3.20. The monoisotopic (exact) mass is 286 g/mol. The van der Waals surface area contributed by atoms with Crippen molar-refractivity contribution in [3.05, 3.63) is 20.9 Å². The highest BCUT2D eigenvalue weighted by Crippen LogP contribution is 2.19. The van der Waals surface area contributed by atoms with Gasteiger partial charge < -0.3 is 20.5 Å². The van der Waals surface area contributed by atoms with Crippen molar-refractivity contribution < 1.29 is 0 Å². The van der Waals surface area contributed by atoms with Crippen LogP contribution in [0.3, 0.4) is 0 Å². The lowest BCUT2D eigenvalue weighted by atomic mass is 10.3. The molecule has 0 saturated carbocycles. The number of anilines is 2. The Hall–Kier alpha value is -1.01. The number of pyridine rings is 1. The van der Waals surface area contributed by atoms with E-state index in [0.717, 1.165) is 32.0 Å². The molecular formula is C10H15BrN4O. The Morgan fingerprint density at radius 1 is 1.38 bits per heavy atom. The zero-order chi connectivity index (χ0) is 11.7. The van der Waals surface area contributed by atoms with Gasteiger partial charge in [-0.15, -0.1) is 0 Å². The van der Waals surface area contributed by atoms with Gasteiger partial charge in [0.2, 0.25) is 5.43 Å². The van der Waals surface area contributed by atoms with E-state index in [1.54, 1.807) is 6.20 Å². The fraction of sp³-hybridized carbons (Fsp3) is 0.500. The molecular weight excluding hydrogens is 272 g/mol. The number of hydrogen-bond donors (Lipinski definition) is 2. The number of halogens is 1. The highest BCUT2D eigenvalue weighted by atomic mass is 79.9. The zero-order valence-corrected chi connectivity index (χ0v) is 10.7. The summed E-state index contributed by atoms with van der Waals surface area (Å²) in [5, 5.41) is 0. The van der Waals surface area contributed by atoms with Crippen molar-refractivity contribution >= 4 is 27.4 Å². The van der Waals surface area contributed by atoms with Crippen molar-refractivity contribution in [2.75, 3.05) is 43.9 Å². The summed E-state index contributed by atoms with van der Waals surface area (Å²) >= 11 is 3.16. The Morgan fingerprint density at radius 2 is 2.00 bits per heavy atom. The predicted octanol–water partition coefficient (Wildman–Crippen LogP) is 0.471. The number of aromatic amines is 1. The molecule has 88 valence electrons. The van der Waals surface area contributed by atoms with Gasteiger partial charge in [0, 0.05) is 32.4 Å². The molecule has 0 spiro atoms. The molecule has 0 radical (unpaired) electrons. The fourth-order valence-corrected chi connectivity index (χ4v) is 2.13. The topological polar surface area (TPSA) is 65.4 Å². The van der Waals surface area contributed by atoms with Crippen molar-refractivity contribution in [3.63, 3.8) is 0 Å². The average molecular weight is 287 g/mol. The molecule has 2 heterocycles. The summed E-state index contributed by atoms with van der Waals surface area (Å²) in [6.45, 7) is 3.74. The molecule has 0 bridgehead atoms. The van der Waals surface area contributed by atoms with Crippen LogP contribution in [0, 0.1) is 0 Å². The molecule has 0 aromatic carbocycles. The van der Waals surface area contributed by atoms with E-state index in [2.05, 4.69) is 37.8 Å². The van der Waals surface area contributed by atoms with Crippen LogP contribution in [-0.4, -0.2) is 43.1 Å². The molecule has 1 aliphatic heterocycles. The summed E-state index contributed by atoms with van der Waals surface area (Å²) < 4.78 is 0.475. The van der Waals surface area contributed by atoms with E-state index in [1.807, 2.05) is 0 Å². The number of aromatic nitrogens is 1. The van der Waals surface area contributed by atoms with E-state index in [0.29, 0.717) is 10.2 Å². The zero-order valence-electron chi connectivity index (χ0n) is 9.16. The Labute approximate surface area is 102 Å². The highest BCUT2D eigenvalue weighted by Gasteiger charge is 2.18. The lowest BCUT2D eigenvalue weighted by Gasteiger charge is -2.34. The summed E-state index contributed by atoms with van der Waals surface area (Å²) in [7, 11) is 2.09. The van der Waals surface area contributed by atoms with Crippen molar-refractivity contribution in [1.29, 1.82) is 0 Å². The number of hydrogen-bond acceptors (Lipinski definition) is 4. The molecule has 2 rings (SSSR count). The van der Waals surface area contributed by atoms with E-state index in [9.17, 15) is 4.79 Å². The molecule has 1 aromatic heterocycles. The van der Waals surface area contributed by atoms with Crippen LogP contribution in [0.2, 0.25) is 0 Å². The summed E-state index contributed by atoms with van der Waals surface area (Å²) in [6.07, 6.45) is 1.65. The second kappa shape index (κ2) is 4.47. The minimum absolute atomic E-state index is 0.146. The van der Waals surface area contributed by atoms with E-state index in [-0.39, 0.29) is 5.43 Å². The van der Waals surface area contributed by atoms with Crippen molar-refractivity contribution in [2.24, 2.45) is 0 Å². The van der Waals surface area contributed by atoms with Gasteiger partial charge in [0.05, 0.1) is 4.47 Å². The summed E-state index contributed by atoms with van der Waals surface area (Å²) in [6, 6.07) is 0. The molecule has 1 fully saturated rings. The molecule has 1 saturated heterocycles. The Bertz CT molecular complexity index is 437. The van der Waals surface area contributed by atoms with Crippen molar-refractivity contribution in [2.45, 2.75) is 0 Å². The van der Waals surface area contributed by atoms with Gasteiger partial charge in [0.1, 0.15) is 11.5 Å². The van der Waals surface area contributed by atoms with Crippen LogP contribution in [0.5, 0.6) is 0 Å². The van der Waals surface area contributed by atoms with Gasteiger partial charge in [-0.25, -0.2) is 0 Å². The molecule has 5 nitrogen and oxygen atoms in total. The van der Waals surface area contributed by atoms with Crippen LogP contribution >= 0.6 is 15.9 Å². The van der Waals surface area contributed by atoms with Crippen LogP contribution in [0.25, 0.3) is 0 Å². The molecule has 0 amide bonds. The van der Waals surface area contributed by atoms with Gasteiger partial charge in [-0.3, -0.25) is 4.79 Å². The van der Waals surface area contributed by atoms with Crippen LogP contribution in [0.1, 0.15) is 0 Å². The number of rotatable bonds is 1. The van der Waals surface area contributed by atoms with Crippen LogP contribution in [0.15, 0.2) is 15.5 Å². The standard InChI is InChI=1S/C10H15BrN4O/c1-14-2-4-15(5-3-14)10-8(12)9(16)7(11)6-13-10/h6H,2-5,12H2,1H3,(H,13,16). The summed E-state index contributed by atoms with van der Waals surface area (Å²) in [5.74, 6) is 0.737. The second-order valence-corrected chi connectivity index (χ2v) is 4.87. The third kappa shape index (κ3) is 2.08. The third-order valence-electron chi connectivity index (χ3n) is 2.87. The normalized spacial score (nSPS) is 17.8. The first-order valence-electron chi connectivity index (χ1n) is 5.19. The fourth-order valence-electron chi connectivity index (χ4n) is 1.80. The maximum Gasteiger partial charge on any atom is 0.220 e. The van der Waals surface area contributed by atoms with Gasteiger partial charge in [0.15, 0.2) is 0 Å². The van der Waals surface area contributed by atoms with Crippen LogP contribution in [-0.2, 0) is 0 Å². The van der Waals surface area contributed by atoms with Crippen LogP contribution < -0.4 is 16.1 Å². The first kappa shape index (κ1) is 11.5. The number of nitrogens with two attached hydrogens (primary N) is 1. The van der Waals surface area contributed by atoms with Crippen LogP contribution in [0.4, 0.5) is 11.5 Å². The Balaban J connectivity index is 2.28. The number of nitrogen functional groups attached to an aromatic ring is 1. The number of nitrogens with zero attached hydrogens (tertiary/aromatic N) is 2. The molecule has 3 N–H and O–H groups in total. The molecule has 0 aliphatic carbocycles. The van der Waals surface area contributed by atoms with Crippen molar-refractivity contribution in [1.82, 2.24) is 9.88 Å². The average Bonchev–Trinajstić information content (AvgIpc) is 2.28. The van der Waals surface area contributed by atoms with E-state index >= 15 is 0 Å². The quantitative estimate of drug-likeness (QED) is 0.788. The van der Waals surface area contributed by atoms with E-state index in [4.69, 9.17) is 5.73 Å². The number of H-pyrrole nitrogens is 1. The van der Waals surface area contributed by atoms with E-state index in [1.165, 1.54) is 0 Å².